The lowest BCUT2D eigenvalue weighted by Crippen LogP contribution is -2.57. The summed E-state index contributed by atoms with van der Waals surface area (Å²) >= 11 is 0. The van der Waals surface area contributed by atoms with E-state index < -0.39 is 5.54 Å². The highest BCUT2D eigenvalue weighted by atomic mass is 16.5. The highest BCUT2D eigenvalue weighted by molar-refractivity contribution is 5.97. The van der Waals surface area contributed by atoms with Crippen LogP contribution in [0.3, 0.4) is 0 Å². The van der Waals surface area contributed by atoms with E-state index in [1.807, 2.05) is 65.6 Å². The maximum absolute atomic E-state index is 14.1. The van der Waals surface area contributed by atoms with E-state index in [1.54, 1.807) is 19.1 Å². The second-order valence-corrected chi connectivity index (χ2v) is 12.5. The number of hydrogen-bond donors (Lipinski definition) is 1. The molecule has 2 heterocycles. The zero-order chi connectivity index (χ0) is 33.2. The normalized spacial score (nSPS) is 15.6. The second kappa shape index (κ2) is 15.8. The molecule has 0 saturated carbocycles. The van der Waals surface area contributed by atoms with E-state index in [0.717, 1.165) is 17.7 Å². The average molecular weight is 641 g/mol. The summed E-state index contributed by atoms with van der Waals surface area (Å²) in [7, 11) is 3.19. The van der Waals surface area contributed by atoms with Crippen molar-refractivity contribution in [2.24, 2.45) is 0 Å². The number of methoxy groups -OCH3 is 2. The molecule has 0 aromatic heterocycles. The van der Waals surface area contributed by atoms with Crippen molar-refractivity contribution in [3.63, 3.8) is 0 Å². The maximum Gasteiger partial charge on any atom is 0.253 e. The van der Waals surface area contributed by atoms with Gasteiger partial charge in [-0.25, -0.2) is 0 Å². The van der Waals surface area contributed by atoms with Crippen LogP contribution in [0.5, 0.6) is 11.5 Å². The van der Waals surface area contributed by atoms with Crippen LogP contribution in [0, 0.1) is 0 Å². The van der Waals surface area contributed by atoms with E-state index in [9.17, 15) is 14.4 Å². The first kappa shape index (κ1) is 33.8. The van der Waals surface area contributed by atoms with Crippen LogP contribution < -0.4 is 19.7 Å². The zero-order valence-electron chi connectivity index (χ0n) is 28.0. The molecular weight excluding hydrogens is 592 g/mol. The summed E-state index contributed by atoms with van der Waals surface area (Å²) in [6.07, 6.45) is 7.52. The molecular formula is C38H48N4O5. The predicted molar refractivity (Wildman–Crippen MR) is 184 cm³/mol. The molecule has 0 radical (unpaired) electrons. The van der Waals surface area contributed by atoms with Crippen LogP contribution in [0.25, 0.3) is 0 Å². The van der Waals surface area contributed by atoms with Gasteiger partial charge < -0.3 is 29.5 Å². The molecule has 2 aliphatic rings. The van der Waals surface area contributed by atoms with Crippen LogP contribution in [0.15, 0.2) is 72.8 Å². The van der Waals surface area contributed by atoms with Gasteiger partial charge >= 0.3 is 0 Å². The van der Waals surface area contributed by atoms with Crippen LogP contribution >= 0.6 is 0 Å². The molecule has 0 atom stereocenters. The van der Waals surface area contributed by atoms with Gasteiger partial charge in [-0.15, -0.1) is 0 Å². The number of para-hydroxylation sites is 1. The lowest BCUT2D eigenvalue weighted by molar-refractivity contribution is -0.137. The van der Waals surface area contributed by atoms with Gasteiger partial charge in [-0.1, -0.05) is 62.6 Å². The van der Waals surface area contributed by atoms with Crippen molar-refractivity contribution in [3.05, 3.63) is 89.5 Å². The van der Waals surface area contributed by atoms with Crippen molar-refractivity contribution in [3.8, 4) is 11.5 Å². The van der Waals surface area contributed by atoms with Gasteiger partial charge in [0.2, 0.25) is 5.91 Å². The Hall–Kier alpha value is -4.53. The molecule has 0 bridgehead atoms. The Balaban J connectivity index is 1.20. The largest absolute Gasteiger partial charge is 0.493 e. The fourth-order valence-corrected chi connectivity index (χ4v) is 6.77. The number of rotatable bonds is 14. The molecule has 0 unspecified atom stereocenters. The number of hydrogen-bond acceptors (Lipinski definition) is 6. The summed E-state index contributed by atoms with van der Waals surface area (Å²) in [6, 6.07) is 23.6. The number of piperidine rings is 1. The molecule has 3 aromatic carbocycles. The van der Waals surface area contributed by atoms with Crippen LogP contribution in [0.1, 0.15) is 66.9 Å². The molecule has 3 amide bonds. The summed E-state index contributed by atoms with van der Waals surface area (Å²) in [5.74, 6) is 1.03. The number of amides is 3. The van der Waals surface area contributed by atoms with Gasteiger partial charge in [-0.2, -0.15) is 0 Å². The third-order valence-electron chi connectivity index (χ3n) is 9.50. The standard InChI is InChI=1S/C38H48N4O5/c1-4-5-6-8-11-29-14-17-31(18-15-29)36(44)40-24-21-38(22-25-40)37(45)41(28-42(38)32-12-9-7-10-13-32)27-35(43)39-23-20-30-16-19-33(46-2)34(26-30)47-3/h7,9-10,12-19,26H,4-6,8,11,20-25,27-28H2,1-3H3,(H,39,43). The van der Waals surface area contributed by atoms with Gasteiger partial charge in [0.15, 0.2) is 11.5 Å². The van der Waals surface area contributed by atoms with Gasteiger partial charge in [-0.3, -0.25) is 14.4 Å². The Bertz CT molecular complexity index is 1500. The van der Waals surface area contributed by atoms with Crippen molar-refractivity contribution in [2.45, 2.75) is 63.8 Å². The SMILES string of the molecule is CCCCCCc1ccc(C(=O)N2CCC3(CC2)C(=O)N(CC(=O)NCCc2ccc(OC)c(OC)c2)CN3c2ccccc2)cc1. The molecule has 9 heteroatoms. The first-order chi connectivity index (χ1) is 22.9. The molecule has 2 saturated heterocycles. The van der Waals surface area contributed by atoms with Gasteiger partial charge in [0.1, 0.15) is 12.1 Å². The van der Waals surface area contributed by atoms with Crippen LogP contribution in [-0.4, -0.2) is 80.1 Å². The lowest BCUT2D eigenvalue weighted by Gasteiger charge is -2.43. The van der Waals surface area contributed by atoms with E-state index in [2.05, 4.69) is 29.3 Å². The van der Waals surface area contributed by atoms with Gasteiger partial charge in [0, 0.05) is 30.9 Å². The highest BCUT2D eigenvalue weighted by Gasteiger charge is 2.54. The molecule has 2 fully saturated rings. The van der Waals surface area contributed by atoms with E-state index in [1.165, 1.54) is 31.2 Å². The van der Waals surface area contributed by atoms with E-state index in [4.69, 9.17) is 9.47 Å². The van der Waals surface area contributed by atoms with Crippen molar-refractivity contribution in [1.29, 1.82) is 0 Å². The Morgan fingerprint density at radius 2 is 1.53 bits per heavy atom. The molecule has 9 nitrogen and oxygen atoms in total. The number of aryl methyl sites for hydroxylation is 1. The van der Waals surface area contributed by atoms with Crippen molar-refractivity contribution in [1.82, 2.24) is 15.1 Å². The fraction of sp³-hybridized carbons (Fsp3) is 0.447. The molecule has 250 valence electrons. The third-order valence-corrected chi connectivity index (χ3v) is 9.50. The monoisotopic (exact) mass is 640 g/mol. The fourth-order valence-electron chi connectivity index (χ4n) is 6.77. The average Bonchev–Trinajstić information content (AvgIpc) is 3.36. The smallest absolute Gasteiger partial charge is 0.253 e. The van der Waals surface area contributed by atoms with Gasteiger partial charge in [0.25, 0.3) is 11.8 Å². The quantitative estimate of drug-likeness (QED) is 0.235. The number of ether oxygens (including phenoxy) is 2. The highest BCUT2D eigenvalue weighted by Crippen LogP contribution is 2.39. The van der Waals surface area contributed by atoms with Crippen molar-refractivity contribution < 1.29 is 23.9 Å². The first-order valence-corrected chi connectivity index (χ1v) is 16.9. The minimum absolute atomic E-state index is 0.000182. The molecule has 0 aliphatic carbocycles. The van der Waals surface area contributed by atoms with E-state index in [0.29, 0.717) is 62.6 Å². The molecule has 2 aliphatic heterocycles. The van der Waals surface area contributed by atoms with Crippen LogP contribution in [0.4, 0.5) is 5.69 Å². The minimum Gasteiger partial charge on any atom is -0.493 e. The number of benzene rings is 3. The Labute approximate surface area is 278 Å². The number of carbonyl (C=O) groups is 3. The number of nitrogens with zero attached hydrogens (tertiary/aromatic N) is 3. The summed E-state index contributed by atoms with van der Waals surface area (Å²) in [6.45, 7) is 3.88. The first-order valence-electron chi connectivity index (χ1n) is 16.9. The minimum atomic E-state index is -0.805. The third kappa shape index (κ3) is 7.89. The Kier molecular flexibility index (Phi) is 11.4. The van der Waals surface area contributed by atoms with Crippen LogP contribution in [0.2, 0.25) is 0 Å². The molecule has 47 heavy (non-hydrogen) atoms. The maximum atomic E-state index is 14.1. The Morgan fingerprint density at radius 3 is 2.21 bits per heavy atom. The van der Waals surface area contributed by atoms with Crippen molar-refractivity contribution >= 4 is 23.4 Å². The summed E-state index contributed by atoms with van der Waals surface area (Å²) in [5.41, 5.74) is 3.08. The molecule has 1 spiro atoms. The zero-order valence-corrected chi connectivity index (χ0v) is 28.0. The molecule has 5 rings (SSSR count). The summed E-state index contributed by atoms with van der Waals surface area (Å²) < 4.78 is 10.7. The number of carbonyl (C=O) groups excluding carboxylic acids is 3. The van der Waals surface area contributed by atoms with Gasteiger partial charge in [-0.05, 0) is 79.6 Å². The Morgan fingerprint density at radius 1 is 0.830 bits per heavy atom. The topological polar surface area (TPSA) is 91.4 Å². The summed E-state index contributed by atoms with van der Waals surface area (Å²) in [4.78, 5) is 46.3. The number of unbranched alkanes of at least 4 members (excludes halogenated alkanes) is 3. The van der Waals surface area contributed by atoms with E-state index in [-0.39, 0.29) is 24.3 Å². The van der Waals surface area contributed by atoms with Gasteiger partial charge in [0.05, 0.1) is 20.9 Å². The van der Waals surface area contributed by atoms with Crippen LogP contribution in [-0.2, 0) is 22.4 Å². The summed E-state index contributed by atoms with van der Waals surface area (Å²) in [5, 5.41) is 2.98. The molecule has 3 aromatic rings. The number of anilines is 1. The molecule has 1 N–H and O–H groups in total. The number of nitrogens with one attached hydrogen (secondary N) is 1. The number of likely N-dealkylation sites (tertiary alicyclic amines) is 1. The second-order valence-electron chi connectivity index (χ2n) is 12.5. The predicted octanol–water partition coefficient (Wildman–Crippen LogP) is 5.47. The van der Waals surface area contributed by atoms with E-state index >= 15 is 0 Å². The van der Waals surface area contributed by atoms with Crippen molar-refractivity contribution in [2.75, 3.05) is 52.0 Å². The lowest BCUT2D eigenvalue weighted by atomic mass is 9.85.